The summed E-state index contributed by atoms with van der Waals surface area (Å²) in [6.07, 6.45) is -0.463. The molecule has 0 aliphatic carbocycles. The van der Waals surface area contributed by atoms with E-state index in [0.29, 0.717) is 6.61 Å². The molecule has 0 amide bonds. The highest BCUT2D eigenvalue weighted by molar-refractivity contribution is 7.09. The SMILES string of the molecule is C[C@H]([NH2+]Cc1ccc(OCc2cccs2)cc1)[C@H](O)c1ccccc1. The van der Waals surface area contributed by atoms with E-state index < -0.39 is 6.10 Å². The van der Waals surface area contributed by atoms with Gasteiger partial charge in [-0.2, -0.15) is 0 Å². The van der Waals surface area contributed by atoms with Crippen molar-refractivity contribution in [1.82, 2.24) is 0 Å². The summed E-state index contributed by atoms with van der Waals surface area (Å²) in [6, 6.07) is 22.2. The monoisotopic (exact) mass is 354 g/mol. The molecule has 3 aromatic rings. The van der Waals surface area contributed by atoms with Crippen LogP contribution in [0.3, 0.4) is 0 Å². The van der Waals surface area contributed by atoms with Crippen molar-refractivity contribution in [3.63, 3.8) is 0 Å². The standard InChI is InChI=1S/C21H23NO2S/c1-16(21(23)18-6-3-2-4-7-18)22-14-17-9-11-19(12-10-17)24-15-20-8-5-13-25-20/h2-13,16,21-23H,14-15H2,1H3/p+1/t16-,21-/m0/s1. The summed E-state index contributed by atoms with van der Waals surface area (Å²) in [5, 5.41) is 14.6. The minimum absolute atomic E-state index is 0.0946. The molecule has 0 saturated heterocycles. The van der Waals surface area contributed by atoms with Crippen molar-refractivity contribution in [2.75, 3.05) is 0 Å². The van der Waals surface area contributed by atoms with E-state index in [0.717, 1.165) is 17.9 Å². The number of benzene rings is 2. The first-order chi connectivity index (χ1) is 12.2. The van der Waals surface area contributed by atoms with Crippen molar-refractivity contribution >= 4 is 11.3 Å². The lowest BCUT2D eigenvalue weighted by Crippen LogP contribution is -2.88. The fourth-order valence-electron chi connectivity index (χ4n) is 2.68. The van der Waals surface area contributed by atoms with Gasteiger partial charge in [0.05, 0.1) is 0 Å². The molecule has 3 nitrogen and oxygen atoms in total. The molecule has 3 N–H and O–H groups in total. The lowest BCUT2D eigenvalue weighted by atomic mass is 10.0. The normalized spacial score (nSPS) is 13.4. The van der Waals surface area contributed by atoms with Gasteiger partial charge in [0.1, 0.15) is 31.0 Å². The highest BCUT2D eigenvalue weighted by atomic mass is 32.1. The van der Waals surface area contributed by atoms with Gasteiger partial charge in [-0.15, -0.1) is 11.3 Å². The van der Waals surface area contributed by atoms with E-state index in [-0.39, 0.29) is 6.04 Å². The fraction of sp³-hybridized carbons (Fsp3) is 0.238. The van der Waals surface area contributed by atoms with Crippen LogP contribution >= 0.6 is 11.3 Å². The lowest BCUT2D eigenvalue weighted by Gasteiger charge is -2.18. The second kappa shape index (κ2) is 8.81. The Kier molecular flexibility index (Phi) is 6.23. The summed E-state index contributed by atoms with van der Waals surface area (Å²) < 4.78 is 5.79. The predicted octanol–water partition coefficient (Wildman–Crippen LogP) is 3.51. The van der Waals surface area contributed by atoms with Gasteiger partial charge in [-0.3, -0.25) is 0 Å². The molecule has 0 spiro atoms. The van der Waals surface area contributed by atoms with Gasteiger partial charge < -0.3 is 15.2 Å². The minimum Gasteiger partial charge on any atom is -0.488 e. The minimum atomic E-state index is -0.463. The van der Waals surface area contributed by atoms with E-state index in [4.69, 9.17) is 4.74 Å². The van der Waals surface area contributed by atoms with E-state index in [2.05, 4.69) is 35.8 Å². The summed E-state index contributed by atoms with van der Waals surface area (Å²) in [5.74, 6) is 0.884. The van der Waals surface area contributed by atoms with Gasteiger partial charge in [0.15, 0.2) is 0 Å². The van der Waals surface area contributed by atoms with Crippen LogP contribution in [0.1, 0.15) is 29.0 Å². The molecule has 1 heterocycles. The Balaban J connectivity index is 1.48. The van der Waals surface area contributed by atoms with Gasteiger partial charge in [-0.25, -0.2) is 0 Å². The zero-order valence-corrected chi connectivity index (χ0v) is 15.2. The first kappa shape index (κ1) is 17.7. The van der Waals surface area contributed by atoms with Crippen molar-refractivity contribution in [2.45, 2.75) is 32.2 Å². The van der Waals surface area contributed by atoms with Crippen LogP contribution in [0.5, 0.6) is 5.75 Å². The number of aliphatic hydroxyl groups excluding tert-OH is 1. The zero-order valence-electron chi connectivity index (χ0n) is 14.3. The summed E-state index contributed by atoms with van der Waals surface area (Å²) in [4.78, 5) is 1.22. The van der Waals surface area contributed by atoms with Gasteiger partial charge in [-0.05, 0) is 48.2 Å². The maximum atomic E-state index is 10.4. The van der Waals surface area contributed by atoms with Crippen molar-refractivity contribution in [2.24, 2.45) is 0 Å². The maximum absolute atomic E-state index is 10.4. The summed E-state index contributed by atoms with van der Waals surface area (Å²) in [6.45, 7) is 3.50. The molecule has 0 aliphatic rings. The van der Waals surface area contributed by atoms with Crippen LogP contribution in [0, 0.1) is 0 Å². The molecule has 0 saturated carbocycles. The molecule has 4 heteroatoms. The third-order valence-corrected chi connectivity index (χ3v) is 5.10. The van der Waals surface area contributed by atoms with Gasteiger partial charge >= 0.3 is 0 Å². The second-order valence-electron chi connectivity index (χ2n) is 6.17. The number of hydrogen-bond donors (Lipinski definition) is 2. The van der Waals surface area contributed by atoms with E-state index >= 15 is 0 Å². The Morgan fingerprint density at radius 1 is 1.00 bits per heavy atom. The van der Waals surface area contributed by atoms with Crippen LogP contribution in [-0.4, -0.2) is 11.1 Å². The Labute approximate surface area is 152 Å². The molecule has 0 radical (unpaired) electrons. The Morgan fingerprint density at radius 3 is 2.44 bits per heavy atom. The molecule has 25 heavy (non-hydrogen) atoms. The first-order valence-electron chi connectivity index (χ1n) is 8.53. The number of thiophene rings is 1. The number of quaternary nitrogens is 1. The number of nitrogens with two attached hydrogens (primary N) is 1. The Bertz CT molecular complexity index is 741. The van der Waals surface area contributed by atoms with Crippen molar-refractivity contribution < 1.29 is 15.2 Å². The summed E-state index contributed by atoms with van der Waals surface area (Å²) >= 11 is 1.70. The summed E-state index contributed by atoms with van der Waals surface area (Å²) in [7, 11) is 0. The highest BCUT2D eigenvalue weighted by Gasteiger charge is 2.18. The molecule has 1 aromatic heterocycles. The van der Waals surface area contributed by atoms with Crippen LogP contribution in [0.2, 0.25) is 0 Å². The van der Waals surface area contributed by atoms with Crippen LogP contribution < -0.4 is 10.1 Å². The number of rotatable bonds is 8. The van der Waals surface area contributed by atoms with Crippen LogP contribution in [-0.2, 0) is 13.2 Å². The molecule has 0 unspecified atom stereocenters. The van der Waals surface area contributed by atoms with Gasteiger partial charge in [0, 0.05) is 10.4 Å². The fourth-order valence-corrected chi connectivity index (χ4v) is 3.29. The summed E-state index contributed by atoms with van der Waals surface area (Å²) in [5.41, 5.74) is 2.18. The van der Waals surface area contributed by atoms with Gasteiger partial charge in [0.25, 0.3) is 0 Å². The molecule has 0 fully saturated rings. The number of ether oxygens (including phenoxy) is 1. The largest absolute Gasteiger partial charge is 0.488 e. The van der Waals surface area contributed by atoms with Gasteiger partial charge in [0.2, 0.25) is 0 Å². The van der Waals surface area contributed by atoms with Crippen LogP contribution in [0.4, 0.5) is 0 Å². The average Bonchev–Trinajstić information content (AvgIpc) is 3.19. The molecule has 2 atom stereocenters. The van der Waals surface area contributed by atoms with Crippen molar-refractivity contribution in [3.05, 3.63) is 88.1 Å². The van der Waals surface area contributed by atoms with E-state index in [1.54, 1.807) is 11.3 Å². The van der Waals surface area contributed by atoms with Gasteiger partial charge in [-0.1, -0.05) is 36.4 Å². The molecule has 0 bridgehead atoms. The molecule has 0 aliphatic heterocycles. The molecule has 2 aromatic carbocycles. The average molecular weight is 354 g/mol. The molecular formula is C21H24NO2S+. The van der Waals surface area contributed by atoms with E-state index in [1.807, 2.05) is 48.5 Å². The third-order valence-electron chi connectivity index (χ3n) is 4.25. The van der Waals surface area contributed by atoms with Crippen molar-refractivity contribution in [3.8, 4) is 5.75 Å². The molecule has 130 valence electrons. The topological polar surface area (TPSA) is 46.1 Å². The third kappa shape index (κ3) is 5.16. The first-order valence-corrected chi connectivity index (χ1v) is 9.41. The lowest BCUT2D eigenvalue weighted by molar-refractivity contribution is -0.709. The molecule has 3 rings (SSSR count). The number of hydrogen-bond acceptors (Lipinski definition) is 3. The second-order valence-corrected chi connectivity index (χ2v) is 7.20. The van der Waals surface area contributed by atoms with E-state index in [1.165, 1.54) is 10.4 Å². The molecular weight excluding hydrogens is 330 g/mol. The highest BCUT2D eigenvalue weighted by Crippen LogP contribution is 2.17. The van der Waals surface area contributed by atoms with Crippen molar-refractivity contribution in [1.29, 1.82) is 0 Å². The zero-order chi connectivity index (χ0) is 17.5. The van der Waals surface area contributed by atoms with E-state index in [9.17, 15) is 5.11 Å². The Morgan fingerprint density at radius 2 is 1.76 bits per heavy atom. The predicted molar refractivity (Wildman–Crippen MR) is 102 cm³/mol. The maximum Gasteiger partial charge on any atom is 0.130 e. The van der Waals surface area contributed by atoms with Crippen LogP contribution in [0.25, 0.3) is 0 Å². The smallest absolute Gasteiger partial charge is 0.130 e. The Hall–Kier alpha value is -2.14. The number of aliphatic hydroxyl groups is 1. The quantitative estimate of drug-likeness (QED) is 0.650. The van der Waals surface area contributed by atoms with Crippen LogP contribution in [0.15, 0.2) is 72.1 Å².